The minimum Gasteiger partial charge on any atom is -0.494 e. The average Bonchev–Trinajstić information content (AvgIpc) is 3.09. The molecule has 11 heteroatoms. The molecule has 2 aromatic rings. The van der Waals surface area contributed by atoms with Crippen LogP contribution < -0.4 is 16.2 Å². The number of nitrogen functional groups attached to an aromatic ring is 1. The summed E-state index contributed by atoms with van der Waals surface area (Å²) in [7, 11) is 2.45. The molecule has 0 spiro atoms. The SMILES string of the molecule is C/C=C\N=[C-]C(C)=N/C=C(\C)c1ccc(OC)c(N)c1F.CC=O.CCCC(O)CCC(CCN)CCCC(=O)c1cc[c-]cc1C.CO.[W+2]. The largest absolute Gasteiger partial charge is 2.00 e. The van der Waals surface area contributed by atoms with Gasteiger partial charge in [-0.2, -0.15) is 30.3 Å². The predicted molar refractivity (Wildman–Crippen MR) is 202 cm³/mol. The second-order valence-electron chi connectivity index (χ2n) is 11.0. The number of ketones is 1. The van der Waals surface area contributed by atoms with Crippen molar-refractivity contribution in [1.82, 2.24) is 0 Å². The summed E-state index contributed by atoms with van der Waals surface area (Å²) in [6.45, 7) is 11.5. The van der Waals surface area contributed by atoms with E-state index in [9.17, 15) is 14.3 Å². The van der Waals surface area contributed by atoms with Gasteiger partial charge < -0.3 is 36.2 Å². The molecule has 2 rings (SSSR count). The van der Waals surface area contributed by atoms with Crippen molar-refractivity contribution in [2.45, 2.75) is 99.0 Å². The Balaban J connectivity index is -0.000000771. The molecule has 9 nitrogen and oxygen atoms in total. The molecule has 0 aliphatic heterocycles. The van der Waals surface area contributed by atoms with Crippen LogP contribution in [0.4, 0.5) is 10.1 Å². The van der Waals surface area contributed by atoms with Crippen molar-refractivity contribution in [3.8, 4) is 5.75 Å². The summed E-state index contributed by atoms with van der Waals surface area (Å²) in [6.07, 6.45) is 15.5. The normalized spacial score (nSPS) is 12.3. The van der Waals surface area contributed by atoms with Crippen molar-refractivity contribution in [2.24, 2.45) is 21.6 Å². The van der Waals surface area contributed by atoms with E-state index in [2.05, 4.69) is 29.2 Å². The van der Waals surface area contributed by atoms with E-state index in [0.717, 1.165) is 69.5 Å². The van der Waals surface area contributed by atoms with Crippen molar-refractivity contribution in [3.63, 3.8) is 0 Å². The van der Waals surface area contributed by atoms with Crippen molar-refractivity contribution >= 4 is 35.3 Å². The van der Waals surface area contributed by atoms with Gasteiger partial charge >= 0.3 is 21.1 Å². The van der Waals surface area contributed by atoms with Crippen LogP contribution in [-0.2, 0) is 25.9 Å². The molecule has 0 bridgehead atoms. The number of rotatable bonds is 17. The van der Waals surface area contributed by atoms with Gasteiger partial charge in [-0.1, -0.05) is 32.8 Å². The third-order valence-corrected chi connectivity index (χ3v) is 7.18. The summed E-state index contributed by atoms with van der Waals surface area (Å²) >= 11 is 0. The summed E-state index contributed by atoms with van der Waals surface area (Å²) in [5.41, 5.74) is 14.8. The zero-order valence-corrected chi connectivity index (χ0v) is 34.1. The molecular weight excluding hydrogens is 807 g/mol. The van der Waals surface area contributed by atoms with Gasteiger partial charge in [0, 0.05) is 25.3 Å². The number of aliphatic hydroxyl groups is 2. The maximum Gasteiger partial charge on any atom is 2.00 e. The van der Waals surface area contributed by atoms with Gasteiger partial charge in [-0.15, -0.1) is 18.0 Å². The standard InChI is InChI=1S/C20H32NO2.C16H19FN3O.C2H4O.CH4O.W/c1-3-7-18(22)13-12-17(14-15-21)9-6-11-20(23)19-10-5-4-8-16(19)2;1-5-8-19-10-12(3)20-9-11(2)13-6-7-14(21-4)16(18)15(13)17;1-2-3;1-2;/h5,8,10,17-18,22H,3,6-7,9,11-15,21H2,1-2H3;5-9H,18H2,1-4H3;2H,1H3;2H,1H3;/q2*-1;;;+2/b;8-5-,11-9+,20-12?;;;. The first kappa shape index (κ1) is 51.1. The van der Waals surface area contributed by atoms with E-state index >= 15 is 0 Å². The molecule has 278 valence electrons. The summed E-state index contributed by atoms with van der Waals surface area (Å²) < 4.78 is 19.1. The third kappa shape index (κ3) is 22.4. The number of ether oxygens (including phenoxy) is 1. The van der Waals surface area contributed by atoms with Crippen LogP contribution in [0.3, 0.4) is 0 Å². The molecule has 6 N–H and O–H groups in total. The number of anilines is 1. The van der Waals surface area contributed by atoms with Crippen LogP contribution in [0.2, 0.25) is 0 Å². The quantitative estimate of drug-likeness (QED) is 0.0419. The molecule has 0 heterocycles. The predicted octanol–water partition coefficient (Wildman–Crippen LogP) is 7.59. The summed E-state index contributed by atoms with van der Waals surface area (Å²) in [6, 6.07) is 11.7. The number of carbonyl (C=O) groups is 2. The van der Waals surface area contributed by atoms with Crippen molar-refractivity contribution in [2.75, 3.05) is 26.5 Å². The number of hydrogen-bond donors (Lipinski definition) is 4. The molecule has 0 saturated carbocycles. The number of benzene rings is 2. The second-order valence-corrected chi connectivity index (χ2v) is 11.0. The Morgan fingerprint density at radius 1 is 1.10 bits per heavy atom. The van der Waals surface area contributed by atoms with E-state index < -0.39 is 5.82 Å². The number of methoxy groups -OCH3 is 1. The second kappa shape index (κ2) is 32.9. The van der Waals surface area contributed by atoms with E-state index in [0.29, 0.717) is 41.5 Å². The van der Waals surface area contributed by atoms with Crippen LogP contribution in [0.1, 0.15) is 107 Å². The van der Waals surface area contributed by atoms with E-state index in [1.165, 1.54) is 14.0 Å². The van der Waals surface area contributed by atoms with Crippen molar-refractivity contribution in [3.05, 3.63) is 77.4 Å². The molecule has 2 atom stereocenters. The van der Waals surface area contributed by atoms with Gasteiger partial charge in [0.05, 0.1) is 13.2 Å². The third-order valence-electron chi connectivity index (χ3n) is 7.18. The molecule has 0 aliphatic carbocycles. The van der Waals surface area contributed by atoms with Gasteiger partial charge in [0.25, 0.3) is 0 Å². The Kier molecular flexibility index (Phi) is 33.6. The van der Waals surface area contributed by atoms with E-state index in [4.69, 9.17) is 26.1 Å². The van der Waals surface area contributed by atoms with Gasteiger partial charge in [0.1, 0.15) is 23.5 Å². The molecule has 0 fully saturated rings. The number of nitrogens with zero attached hydrogens (tertiary/aromatic N) is 2. The maximum absolute atomic E-state index is 14.1. The molecule has 2 unspecified atom stereocenters. The van der Waals surface area contributed by atoms with Gasteiger partial charge in [-0.3, -0.25) is 9.79 Å². The topological polar surface area (TPSA) is 161 Å². The fraction of sp³-hybridized carbons (Fsp3) is 0.487. The number of aryl methyl sites for hydroxylation is 1. The van der Waals surface area contributed by atoms with Crippen molar-refractivity contribution in [1.29, 1.82) is 0 Å². The Hall–Kier alpha value is -3.30. The van der Waals surface area contributed by atoms with Gasteiger partial charge in [0.15, 0.2) is 5.82 Å². The molecule has 0 amide bonds. The van der Waals surface area contributed by atoms with Gasteiger partial charge in [-0.05, 0) is 95.2 Å². The van der Waals surface area contributed by atoms with Gasteiger partial charge in [-0.25, -0.2) is 4.39 Å². The number of nitrogens with two attached hydrogens (primary N) is 2. The molecular formula is C39H59FN4O5W. The minimum absolute atomic E-state index is 0. The van der Waals surface area contributed by atoms with Crippen LogP contribution >= 0.6 is 0 Å². The first-order valence-electron chi connectivity index (χ1n) is 16.6. The van der Waals surface area contributed by atoms with Gasteiger partial charge in [0.2, 0.25) is 0 Å². The Labute approximate surface area is 314 Å². The fourth-order valence-corrected chi connectivity index (χ4v) is 4.64. The number of carbonyl (C=O) groups excluding carboxylic acids is 2. The number of halogens is 1. The smallest absolute Gasteiger partial charge is 0.494 e. The monoisotopic (exact) mass is 866 g/mol. The molecule has 0 saturated heterocycles. The zero-order chi connectivity index (χ0) is 37.6. The molecule has 0 aliphatic rings. The molecule has 2 aromatic carbocycles. The van der Waals surface area contributed by atoms with Crippen LogP contribution in [0, 0.1) is 24.7 Å². The van der Waals surface area contributed by atoms with Crippen LogP contribution in [0.15, 0.2) is 58.8 Å². The molecule has 0 radical (unpaired) electrons. The summed E-state index contributed by atoms with van der Waals surface area (Å²) in [4.78, 5) is 29.1. The average molecular weight is 867 g/mol. The first-order chi connectivity index (χ1) is 23.5. The van der Waals surface area contributed by atoms with Crippen LogP contribution in [-0.4, -0.2) is 61.1 Å². The number of aldehydes is 1. The Morgan fingerprint density at radius 3 is 2.32 bits per heavy atom. The number of aliphatic imine (C=N–C) groups is 2. The summed E-state index contributed by atoms with van der Waals surface area (Å²) in [5, 5.41) is 16.9. The fourth-order valence-electron chi connectivity index (χ4n) is 4.64. The molecule has 50 heavy (non-hydrogen) atoms. The van der Waals surface area contributed by atoms with Crippen LogP contribution in [0.5, 0.6) is 5.75 Å². The van der Waals surface area contributed by atoms with E-state index in [1.54, 1.807) is 50.5 Å². The minimum atomic E-state index is -0.512. The zero-order valence-electron chi connectivity index (χ0n) is 31.2. The van der Waals surface area contributed by atoms with E-state index in [1.807, 2.05) is 26.0 Å². The molecule has 0 aromatic heterocycles. The van der Waals surface area contributed by atoms with Crippen LogP contribution in [0.25, 0.3) is 5.57 Å². The maximum atomic E-state index is 14.1. The number of aliphatic hydroxyl groups excluding tert-OH is 2. The number of Topliss-reactive ketones (excluding diaryl/α,β-unsaturated/α-hetero) is 1. The van der Waals surface area contributed by atoms with E-state index in [-0.39, 0.29) is 38.6 Å². The number of hydrogen-bond acceptors (Lipinski definition) is 9. The summed E-state index contributed by atoms with van der Waals surface area (Å²) in [5.74, 6) is 0.539. The Morgan fingerprint density at radius 2 is 1.76 bits per heavy atom. The number of allylic oxidation sites excluding steroid dienone is 2. The first-order valence-corrected chi connectivity index (χ1v) is 16.6. The van der Waals surface area contributed by atoms with Crippen molar-refractivity contribution < 1.29 is 50.0 Å². The Bertz CT molecular complexity index is 1330.